The van der Waals surface area contributed by atoms with Crippen LogP contribution in [0.2, 0.25) is 0 Å². The first kappa shape index (κ1) is 15.8. The summed E-state index contributed by atoms with van der Waals surface area (Å²) in [5.74, 6) is -0.168. The van der Waals surface area contributed by atoms with Crippen LogP contribution in [0.3, 0.4) is 0 Å². The Labute approximate surface area is 147 Å². The predicted molar refractivity (Wildman–Crippen MR) is 105 cm³/mol. The number of rotatable bonds is 3. The van der Waals surface area contributed by atoms with Crippen LogP contribution in [0.4, 0.5) is 4.39 Å². The highest BCUT2D eigenvalue weighted by atomic mass is 31.0. The topological polar surface area (TPSA) is 54.8 Å². The molecule has 0 amide bonds. The number of hydrogen-bond donors (Lipinski definition) is 2. The van der Waals surface area contributed by atoms with Crippen LogP contribution in [0.5, 0.6) is 0 Å². The maximum atomic E-state index is 13.9. The van der Waals surface area contributed by atoms with Gasteiger partial charge in [-0.25, -0.2) is 4.39 Å². The molecule has 1 unspecified atom stereocenters. The molecule has 4 aromatic rings. The molecule has 0 radical (unpaired) electrons. The summed E-state index contributed by atoms with van der Waals surface area (Å²) in [4.78, 5) is 0. The number of nitrogen functional groups attached to an aromatic ring is 1. The van der Waals surface area contributed by atoms with E-state index in [1.165, 1.54) is 6.07 Å². The fourth-order valence-corrected chi connectivity index (χ4v) is 3.57. The number of nitrogens with two attached hydrogens (primary N) is 1. The van der Waals surface area contributed by atoms with E-state index in [2.05, 4.69) is 25.9 Å². The lowest BCUT2D eigenvalue weighted by Gasteiger charge is -2.11. The molecule has 0 aliphatic heterocycles. The van der Waals surface area contributed by atoms with E-state index in [1.807, 2.05) is 36.4 Å². The van der Waals surface area contributed by atoms with Crippen molar-refractivity contribution in [2.75, 3.05) is 0 Å². The first-order chi connectivity index (χ1) is 12.1. The summed E-state index contributed by atoms with van der Waals surface area (Å²) in [6, 6.07) is 19.0. The molecule has 0 bridgehead atoms. The SMILES string of the molecule is N=C(N)c1ccc2c(c1)c1ccccc1n2Cc1cccc(F)c1P. The van der Waals surface area contributed by atoms with Crippen molar-refractivity contribution >= 4 is 42.2 Å². The molecule has 4 rings (SSSR count). The predicted octanol–water partition coefficient (Wildman–Crippen LogP) is 3.77. The van der Waals surface area contributed by atoms with Gasteiger partial charge in [0, 0.05) is 39.2 Å². The van der Waals surface area contributed by atoms with E-state index < -0.39 is 0 Å². The largest absolute Gasteiger partial charge is 0.384 e. The lowest BCUT2D eigenvalue weighted by molar-refractivity contribution is 0.634. The molecule has 1 aromatic heterocycles. The minimum Gasteiger partial charge on any atom is -0.384 e. The Kier molecular flexibility index (Phi) is 3.78. The zero-order valence-corrected chi connectivity index (χ0v) is 14.6. The van der Waals surface area contributed by atoms with E-state index in [-0.39, 0.29) is 11.7 Å². The summed E-state index contributed by atoms with van der Waals surface area (Å²) in [5, 5.41) is 10.4. The molecule has 5 heteroatoms. The summed E-state index contributed by atoms with van der Waals surface area (Å²) >= 11 is 0. The van der Waals surface area contributed by atoms with Crippen LogP contribution in [0, 0.1) is 11.2 Å². The number of amidine groups is 1. The van der Waals surface area contributed by atoms with Gasteiger partial charge < -0.3 is 10.3 Å². The first-order valence-corrected chi connectivity index (χ1v) is 8.52. The van der Waals surface area contributed by atoms with Crippen molar-refractivity contribution in [1.82, 2.24) is 4.57 Å². The van der Waals surface area contributed by atoms with Gasteiger partial charge in [0.25, 0.3) is 0 Å². The Morgan fingerprint density at radius 3 is 2.56 bits per heavy atom. The number of benzene rings is 3. The van der Waals surface area contributed by atoms with E-state index in [1.54, 1.807) is 6.07 Å². The van der Waals surface area contributed by atoms with Crippen LogP contribution in [-0.4, -0.2) is 10.4 Å². The monoisotopic (exact) mass is 349 g/mol. The molecule has 0 aliphatic carbocycles. The smallest absolute Gasteiger partial charge is 0.130 e. The second-order valence-electron chi connectivity index (χ2n) is 6.06. The molecule has 3 nitrogen and oxygen atoms in total. The van der Waals surface area contributed by atoms with Crippen LogP contribution in [-0.2, 0) is 6.54 Å². The Bertz CT molecular complexity index is 1130. The van der Waals surface area contributed by atoms with Crippen LogP contribution in [0.25, 0.3) is 21.8 Å². The van der Waals surface area contributed by atoms with Crippen molar-refractivity contribution < 1.29 is 4.39 Å². The highest BCUT2D eigenvalue weighted by Crippen LogP contribution is 2.30. The van der Waals surface area contributed by atoms with Crippen molar-refractivity contribution in [3.8, 4) is 0 Å². The average Bonchev–Trinajstić information content (AvgIpc) is 2.92. The van der Waals surface area contributed by atoms with E-state index in [4.69, 9.17) is 11.1 Å². The number of aromatic nitrogens is 1. The van der Waals surface area contributed by atoms with Crippen molar-refractivity contribution in [1.29, 1.82) is 5.41 Å². The molecule has 3 aromatic carbocycles. The molecule has 0 spiro atoms. The van der Waals surface area contributed by atoms with E-state index in [0.717, 1.165) is 27.4 Å². The molecule has 0 fully saturated rings. The van der Waals surface area contributed by atoms with Crippen LogP contribution >= 0.6 is 9.24 Å². The summed E-state index contributed by atoms with van der Waals surface area (Å²) in [6.45, 7) is 0.569. The van der Waals surface area contributed by atoms with E-state index >= 15 is 0 Å². The van der Waals surface area contributed by atoms with Gasteiger partial charge in [0.1, 0.15) is 11.7 Å². The highest BCUT2D eigenvalue weighted by Gasteiger charge is 2.13. The zero-order valence-electron chi connectivity index (χ0n) is 13.5. The minimum atomic E-state index is -0.220. The molecule has 0 aliphatic rings. The lowest BCUT2D eigenvalue weighted by Crippen LogP contribution is -2.11. The molecule has 1 heterocycles. The number of para-hydroxylation sites is 1. The van der Waals surface area contributed by atoms with Crippen LogP contribution in [0.1, 0.15) is 11.1 Å². The quantitative estimate of drug-likeness (QED) is 0.330. The number of fused-ring (bicyclic) bond motifs is 3. The third-order valence-electron chi connectivity index (χ3n) is 4.56. The lowest BCUT2D eigenvalue weighted by atomic mass is 10.1. The molecular weight excluding hydrogens is 332 g/mol. The summed E-state index contributed by atoms with van der Waals surface area (Å²) in [6.07, 6.45) is 0. The zero-order chi connectivity index (χ0) is 17.6. The van der Waals surface area contributed by atoms with E-state index in [0.29, 0.717) is 17.4 Å². The highest BCUT2D eigenvalue weighted by molar-refractivity contribution is 7.27. The van der Waals surface area contributed by atoms with Crippen LogP contribution in [0.15, 0.2) is 60.7 Å². The Balaban J connectivity index is 1.98. The summed E-state index contributed by atoms with van der Waals surface area (Å²) < 4.78 is 16.1. The van der Waals surface area contributed by atoms with Crippen molar-refractivity contribution in [2.24, 2.45) is 5.73 Å². The maximum absolute atomic E-state index is 13.9. The second-order valence-corrected chi connectivity index (χ2v) is 6.64. The fraction of sp³-hybridized carbons (Fsp3) is 0.0500. The van der Waals surface area contributed by atoms with Gasteiger partial charge in [-0.05, 0) is 35.9 Å². The van der Waals surface area contributed by atoms with Gasteiger partial charge in [-0.2, -0.15) is 0 Å². The van der Waals surface area contributed by atoms with Gasteiger partial charge in [-0.3, -0.25) is 5.41 Å². The van der Waals surface area contributed by atoms with Crippen molar-refractivity contribution in [3.05, 3.63) is 77.6 Å². The molecule has 1 atom stereocenters. The van der Waals surface area contributed by atoms with Crippen molar-refractivity contribution in [2.45, 2.75) is 6.54 Å². The molecular formula is C20H17FN3P. The standard InChI is InChI=1S/C20H17FN3P/c21-16-6-3-4-13(19(16)25)11-24-17-7-2-1-5-14(17)15-10-12(20(22)23)8-9-18(15)24/h1-10H,11,25H2,(H3,22,23). The van der Waals surface area contributed by atoms with Gasteiger partial charge in [0.15, 0.2) is 0 Å². The normalized spacial score (nSPS) is 11.3. The second kappa shape index (κ2) is 5.98. The maximum Gasteiger partial charge on any atom is 0.130 e. The van der Waals surface area contributed by atoms with Crippen molar-refractivity contribution in [3.63, 3.8) is 0 Å². The summed E-state index contributed by atoms with van der Waals surface area (Å²) in [7, 11) is 2.50. The fourth-order valence-electron chi connectivity index (χ4n) is 3.28. The van der Waals surface area contributed by atoms with Gasteiger partial charge in [-0.15, -0.1) is 9.24 Å². The van der Waals surface area contributed by atoms with Gasteiger partial charge >= 0.3 is 0 Å². The van der Waals surface area contributed by atoms with Gasteiger partial charge in [-0.1, -0.05) is 30.3 Å². The number of hydrogen-bond acceptors (Lipinski definition) is 1. The van der Waals surface area contributed by atoms with E-state index in [9.17, 15) is 4.39 Å². The Morgan fingerprint density at radius 2 is 1.76 bits per heavy atom. The third kappa shape index (κ3) is 2.59. The number of nitrogens with zero attached hydrogens (tertiary/aromatic N) is 1. The molecule has 3 N–H and O–H groups in total. The minimum absolute atomic E-state index is 0.0520. The van der Waals surface area contributed by atoms with Crippen LogP contribution < -0.4 is 11.0 Å². The average molecular weight is 349 g/mol. The molecule has 25 heavy (non-hydrogen) atoms. The first-order valence-electron chi connectivity index (χ1n) is 7.94. The number of nitrogens with one attached hydrogen (secondary N) is 1. The Morgan fingerprint density at radius 1 is 1.00 bits per heavy atom. The Hall–Kier alpha value is -2.71. The van der Waals surface area contributed by atoms with Gasteiger partial charge in [0.05, 0.1) is 0 Å². The molecule has 0 saturated heterocycles. The summed E-state index contributed by atoms with van der Waals surface area (Å²) in [5.41, 5.74) is 9.39. The molecule has 0 saturated carbocycles. The number of halogens is 1. The van der Waals surface area contributed by atoms with Gasteiger partial charge in [0.2, 0.25) is 0 Å². The molecule has 124 valence electrons. The third-order valence-corrected chi connectivity index (χ3v) is 5.20.